The molecule has 1 aromatic rings. The number of hydrogen-bond acceptors (Lipinski definition) is 2. The highest BCUT2D eigenvalue weighted by molar-refractivity contribution is 9.10. The minimum Gasteiger partial charge on any atom is -0.326 e. The molecule has 2 atom stereocenters. The van der Waals surface area contributed by atoms with Gasteiger partial charge < -0.3 is 5.73 Å². The van der Waals surface area contributed by atoms with E-state index in [1.807, 2.05) is 0 Å². The van der Waals surface area contributed by atoms with E-state index in [4.69, 9.17) is 5.73 Å². The molecule has 2 rings (SSSR count). The van der Waals surface area contributed by atoms with E-state index in [9.17, 15) is 0 Å². The van der Waals surface area contributed by atoms with Crippen LogP contribution in [0.4, 0.5) is 0 Å². The van der Waals surface area contributed by atoms with Crippen LogP contribution in [0, 0.1) is 0 Å². The summed E-state index contributed by atoms with van der Waals surface area (Å²) < 4.78 is 1.16. The second-order valence-corrected chi connectivity index (χ2v) is 7.81. The van der Waals surface area contributed by atoms with Crippen LogP contribution in [0.1, 0.15) is 56.3 Å². The SMILES string of the molecule is CCC(N)C(SC1CCCCC1)c1cccc(Br)c1. The summed E-state index contributed by atoms with van der Waals surface area (Å²) in [5.41, 5.74) is 7.75. The van der Waals surface area contributed by atoms with Gasteiger partial charge in [-0.15, -0.1) is 11.8 Å². The average molecular weight is 342 g/mol. The van der Waals surface area contributed by atoms with Crippen molar-refractivity contribution in [3.63, 3.8) is 0 Å². The predicted molar refractivity (Wildman–Crippen MR) is 89.6 cm³/mol. The van der Waals surface area contributed by atoms with Crippen molar-refractivity contribution in [1.82, 2.24) is 0 Å². The van der Waals surface area contributed by atoms with E-state index in [1.165, 1.54) is 37.7 Å². The summed E-state index contributed by atoms with van der Waals surface area (Å²) in [6.45, 7) is 2.19. The second kappa shape index (κ2) is 7.70. The van der Waals surface area contributed by atoms with Crippen LogP contribution in [0.5, 0.6) is 0 Å². The third-order valence-electron chi connectivity index (χ3n) is 3.93. The maximum absolute atomic E-state index is 6.38. The molecule has 1 aliphatic carbocycles. The van der Waals surface area contributed by atoms with Gasteiger partial charge in [0.2, 0.25) is 0 Å². The zero-order valence-electron chi connectivity index (χ0n) is 11.6. The Balaban J connectivity index is 2.11. The molecule has 1 nitrogen and oxygen atoms in total. The number of hydrogen-bond donors (Lipinski definition) is 1. The first-order valence-corrected chi connectivity index (χ1v) is 9.10. The monoisotopic (exact) mass is 341 g/mol. The number of halogens is 1. The molecule has 0 aliphatic heterocycles. The fourth-order valence-electron chi connectivity index (χ4n) is 2.73. The quantitative estimate of drug-likeness (QED) is 0.786. The molecule has 2 unspecified atom stereocenters. The van der Waals surface area contributed by atoms with Crippen molar-refractivity contribution < 1.29 is 0 Å². The Labute approximate surface area is 129 Å². The summed E-state index contributed by atoms with van der Waals surface area (Å²) >= 11 is 5.69. The molecular weight excluding hydrogens is 318 g/mol. The van der Waals surface area contributed by atoms with Crippen LogP contribution in [0.2, 0.25) is 0 Å². The summed E-state index contributed by atoms with van der Waals surface area (Å²) in [7, 11) is 0. The molecule has 0 aromatic heterocycles. The van der Waals surface area contributed by atoms with Gasteiger partial charge in [0.25, 0.3) is 0 Å². The van der Waals surface area contributed by atoms with Gasteiger partial charge in [-0.25, -0.2) is 0 Å². The maximum atomic E-state index is 6.38. The van der Waals surface area contributed by atoms with Crippen molar-refractivity contribution >= 4 is 27.7 Å². The van der Waals surface area contributed by atoms with Crippen molar-refractivity contribution in [3.8, 4) is 0 Å². The molecule has 1 saturated carbocycles. The molecule has 1 aromatic carbocycles. The van der Waals surface area contributed by atoms with E-state index in [0.717, 1.165) is 16.1 Å². The molecule has 0 bridgehead atoms. The Kier molecular flexibility index (Phi) is 6.24. The zero-order chi connectivity index (χ0) is 13.7. The van der Waals surface area contributed by atoms with Gasteiger partial charge in [0.05, 0.1) is 0 Å². The fourth-order valence-corrected chi connectivity index (χ4v) is 4.87. The Morgan fingerprint density at radius 2 is 2.05 bits per heavy atom. The van der Waals surface area contributed by atoms with Gasteiger partial charge in [-0.2, -0.15) is 0 Å². The Hall–Kier alpha value is 0.01000. The van der Waals surface area contributed by atoms with Crippen LogP contribution >= 0.6 is 27.7 Å². The highest BCUT2D eigenvalue weighted by Gasteiger charge is 2.24. The van der Waals surface area contributed by atoms with E-state index in [-0.39, 0.29) is 6.04 Å². The standard InChI is InChI=1S/C16H24BrNS/c1-2-15(18)16(12-7-6-8-13(17)11-12)19-14-9-4-3-5-10-14/h6-8,11,14-16H,2-5,9-10,18H2,1H3. The Bertz CT molecular complexity index is 390. The topological polar surface area (TPSA) is 26.0 Å². The van der Waals surface area contributed by atoms with Crippen LogP contribution in [0.3, 0.4) is 0 Å². The lowest BCUT2D eigenvalue weighted by Gasteiger charge is -2.30. The van der Waals surface area contributed by atoms with Gasteiger partial charge in [-0.05, 0) is 37.0 Å². The van der Waals surface area contributed by atoms with Crippen molar-refractivity contribution in [3.05, 3.63) is 34.3 Å². The van der Waals surface area contributed by atoms with E-state index in [2.05, 4.69) is 58.9 Å². The molecule has 0 saturated heterocycles. The van der Waals surface area contributed by atoms with Crippen molar-refractivity contribution in [2.24, 2.45) is 5.73 Å². The molecule has 3 heteroatoms. The largest absolute Gasteiger partial charge is 0.326 e. The second-order valence-electron chi connectivity index (χ2n) is 5.44. The zero-order valence-corrected chi connectivity index (χ0v) is 14.1. The summed E-state index contributed by atoms with van der Waals surface area (Å²) in [5.74, 6) is 0. The van der Waals surface area contributed by atoms with Crippen molar-refractivity contribution in [2.75, 3.05) is 0 Å². The first-order valence-electron chi connectivity index (χ1n) is 7.37. The molecule has 2 N–H and O–H groups in total. The van der Waals surface area contributed by atoms with Crippen LogP contribution < -0.4 is 5.73 Å². The molecule has 0 radical (unpaired) electrons. The van der Waals surface area contributed by atoms with Gasteiger partial charge in [-0.1, -0.05) is 54.2 Å². The van der Waals surface area contributed by atoms with Crippen molar-refractivity contribution in [1.29, 1.82) is 0 Å². The van der Waals surface area contributed by atoms with Gasteiger partial charge in [0.1, 0.15) is 0 Å². The molecule has 1 aliphatic rings. The van der Waals surface area contributed by atoms with Crippen LogP contribution in [0.15, 0.2) is 28.7 Å². The normalized spacial score (nSPS) is 20.2. The third-order valence-corrected chi connectivity index (χ3v) is 6.19. The van der Waals surface area contributed by atoms with Crippen LogP contribution in [-0.2, 0) is 0 Å². The molecule has 0 heterocycles. The first kappa shape index (κ1) is 15.4. The lowest BCUT2D eigenvalue weighted by molar-refractivity contribution is 0.512. The molecule has 1 fully saturated rings. The lowest BCUT2D eigenvalue weighted by Crippen LogP contribution is -2.27. The summed E-state index contributed by atoms with van der Waals surface area (Å²) in [6, 6.07) is 8.91. The highest BCUT2D eigenvalue weighted by Crippen LogP contribution is 2.41. The number of rotatable bonds is 5. The van der Waals surface area contributed by atoms with E-state index >= 15 is 0 Å². The molecule has 19 heavy (non-hydrogen) atoms. The minimum absolute atomic E-state index is 0.251. The van der Waals surface area contributed by atoms with Gasteiger partial charge in [-0.3, -0.25) is 0 Å². The highest BCUT2D eigenvalue weighted by atomic mass is 79.9. The van der Waals surface area contributed by atoms with Gasteiger partial charge in [0, 0.05) is 21.0 Å². The average Bonchev–Trinajstić information content (AvgIpc) is 2.45. The van der Waals surface area contributed by atoms with Gasteiger partial charge >= 0.3 is 0 Å². The summed E-state index contributed by atoms with van der Waals surface area (Å²) in [5, 5.41) is 1.24. The third kappa shape index (κ3) is 4.51. The van der Waals surface area contributed by atoms with Crippen molar-refractivity contribution in [2.45, 2.75) is 62.0 Å². The molecule has 106 valence electrons. The lowest BCUT2D eigenvalue weighted by atomic mass is 10.0. The molecule has 0 spiro atoms. The van der Waals surface area contributed by atoms with E-state index in [1.54, 1.807) is 0 Å². The maximum Gasteiger partial charge on any atom is 0.0451 e. The Morgan fingerprint density at radius 3 is 2.68 bits per heavy atom. The summed E-state index contributed by atoms with van der Waals surface area (Å²) in [4.78, 5) is 0. The summed E-state index contributed by atoms with van der Waals surface area (Å²) in [6.07, 6.45) is 7.97. The Morgan fingerprint density at radius 1 is 1.32 bits per heavy atom. The smallest absolute Gasteiger partial charge is 0.0451 e. The number of benzene rings is 1. The number of nitrogens with two attached hydrogens (primary N) is 1. The molecular formula is C16H24BrNS. The van der Waals surface area contributed by atoms with Crippen LogP contribution in [-0.4, -0.2) is 11.3 Å². The van der Waals surface area contributed by atoms with Gasteiger partial charge in [0.15, 0.2) is 0 Å². The minimum atomic E-state index is 0.251. The van der Waals surface area contributed by atoms with Crippen LogP contribution in [0.25, 0.3) is 0 Å². The van der Waals surface area contributed by atoms with E-state index in [0.29, 0.717) is 5.25 Å². The molecule has 0 amide bonds. The first-order chi connectivity index (χ1) is 9.20. The predicted octanol–water partition coefficient (Wildman–Crippen LogP) is 5.29. The number of thioether (sulfide) groups is 1. The van der Waals surface area contributed by atoms with E-state index < -0.39 is 0 Å². The fraction of sp³-hybridized carbons (Fsp3) is 0.625.